The van der Waals surface area contributed by atoms with Crippen LogP contribution in [0.3, 0.4) is 0 Å². The fourth-order valence-corrected chi connectivity index (χ4v) is 10.1. The Bertz CT molecular complexity index is 2080. The number of hydrogen-bond donors (Lipinski definition) is 0. The normalized spacial score (nSPS) is 21.9. The molecule has 1 aromatic carbocycles. The summed E-state index contributed by atoms with van der Waals surface area (Å²) < 4.78 is 52.4. The Morgan fingerprint density at radius 2 is 1.83 bits per heavy atom. The Morgan fingerprint density at radius 1 is 1.12 bits per heavy atom. The van der Waals surface area contributed by atoms with Gasteiger partial charge in [-0.3, -0.25) is 14.2 Å². The molecular formula is C34H39N3O9S2. The number of ketones is 1. The molecule has 14 heteroatoms. The molecule has 3 fully saturated rings. The first-order valence-corrected chi connectivity index (χ1v) is 18.8. The molecular weight excluding hydrogens is 659 g/mol. The van der Waals surface area contributed by atoms with E-state index in [1.807, 2.05) is 24.3 Å². The number of para-hydroxylation sites is 1. The van der Waals surface area contributed by atoms with Crippen molar-refractivity contribution in [3.05, 3.63) is 68.7 Å². The first-order chi connectivity index (χ1) is 22.9. The van der Waals surface area contributed by atoms with Gasteiger partial charge >= 0.3 is 5.69 Å². The number of carbonyl (C=O) groups is 1. The minimum atomic E-state index is -3.71. The van der Waals surface area contributed by atoms with E-state index in [2.05, 4.69) is 4.98 Å². The zero-order chi connectivity index (χ0) is 34.0. The maximum atomic E-state index is 14.7. The van der Waals surface area contributed by atoms with E-state index in [1.54, 1.807) is 14.0 Å². The second-order valence-corrected chi connectivity index (χ2v) is 16.8. The largest absolute Gasteiger partial charge is 0.496 e. The maximum absolute atomic E-state index is 14.7. The highest BCUT2D eigenvalue weighted by Gasteiger charge is 2.43. The number of benzene rings is 1. The molecule has 0 N–H and O–H groups in total. The fraction of sp³-hybridized carbons (Fsp3) is 0.529. The third kappa shape index (κ3) is 5.86. The number of methoxy groups -OCH3 is 1. The Hall–Kier alpha value is -3.59. The highest BCUT2D eigenvalue weighted by atomic mass is 32.2. The molecule has 2 saturated heterocycles. The predicted molar refractivity (Wildman–Crippen MR) is 179 cm³/mol. The Morgan fingerprint density at radius 3 is 2.48 bits per heavy atom. The van der Waals surface area contributed by atoms with Crippen LogP contribution in [0.25, 0.3) is 21.0 Å². The lowest BCUT2D eigenvalue weighted by molar-refractivity contribution is -0.123. The van der Waals surface area contributed by atoms with Crippen LogP contribution in [-0.4, -0.2) is 64.7 Å². The molecule has 256 valence electrons. The molecule has 48 heavy (non-hydrogen) atoms. The number of Topliss-reactive ketones (excluding diaryl/α,β-unsaturated/α-hetero) is 1. The molecule has 1 aliphatic carbocycles. The number of aromatic nitrogens is 3. The number of rotatable bonds is 12. The van der Waals surface area contributed by atoms with Crippen molar-refractivity contribution >= 4 is 37.2 Å². The van der Waals surface area contributed by atoms with Crippen LogP contribution in [0.5, 0.6) is 5.75 Å². The van der Waals surface area contributed by atoms with Crippen molar-refractivity contribution in [3.8, 4) is 16.5 Å². The zero-order valence-electron chi connectivity index (χ0n) is 27.3. The molecule has 12 nitrogen and oxygen atoms in total. The van der Waals surface area contributed by atoms with Crippen molar-refractivity contribution in [2.24, 2.45) is 0 Å². The van der Waals surface area contributed by atoms with Gasteiger partial charge in [-0.05, 0) is 70.9 Å². The SMILES string of the molecule is COc1ccccc1[C@H](Cn1c(=O)n(C(C)(C)C(=O)CS(=O)(=O)C2CC2)c(=O)c2c(C)c(-c3ncco3)sc21)OC1C[C@H]2CC[C@@H](C1)O2. The molecule has 7 rings (SSSR count). The topological polar surface area (TPSA) is 149 Å². The predicted octanol–water partition coefficient (Wildman–Crippen LogP) is 4.55. The first kappa shape index (κ1) is 32.9. The highest BCUT2D eigenvalue weighted by Crippen LogP contribution is 2.40. The molecule has 3 aliphatic rings. The zero-order valence-corrected chi connectivity index (χ0v) is 29.0. The molecule has 2 bridgehead atoms. The van der Waals surface area contributed by atoms with Crippen LogP contribution in [0, 0.1) is 6.92 Å². The van der Waals surface area contributed by atoms with Crippen molar-refractivity contribution in [2.45, 2.75) is 101 Å². The van der Waals surface area contributed by atoms with Gasteiger partial charge in [0.05, 0.1) is 53.7 Å². The molecule has 4 aromatic rings. The van der Waals surface area contributed by atoms with Gasteiger partial charge in [0.25, 0.3) is 5.56 Å². The van der Waals surface area contributed by atoms with Crippen LogP contribution in [-0.2, 0) is 36.2 Å². The summed E-state index contributed by atoms with van der Waals surface area (Å²) in [6, 6.07) is 7.45. The molecule has 0 spiro atoms. The molecule has 3 aromatic heterocycles. The van der Waals surface area contributed by atoms with Crippen molar-refractivity contribution in [2.75, 3.05) is 12.9 Å². The quantitative estimate of drug-likeness (QED) is 0.207. The van der Waals surface area contributed by atoms with Gasteiger partial charge in [-0.25, -0.2) is 22.8 Å². The summed E-state index contributed by atoms with van der Waals surface area (Å²) in [5.41, 5.74) is -1.94. The van der Waals surface area contributed by atoms with E-state index in [4.69, 9.17) is 18.6 Å². The van der Waals surface area contributed by atoms with Crippen molar-refractivity contribution < 1.29 is 31.8 Å². The monoisotopic (exact) mass is 697 g/mol. The number of thiophene rings is 1. The van der Waals surface area contributed by atoms with Crippen LogP contribution < -0.4 is 16.0 Å². The molecule has 2 aliphatic heterocycles. The van der Waals surface area contributed by atoms with E-state index in [0.29, 0.717) is 39.8 Å². The standard InChI is InChI=1S/C34H39N3O9S2/c1-19-28-31(39)37(34(2,3)27(38)18-48(41,42)23-11-12-23)33(40)36(32(28)47-29(19)30-35-13-14-44-30)17-26(24-7-5-6-8-25(24)43-4)46-22-15-20-9-10-21(16-22)45-20/h5-8,13-14,20-23,26H,9-12,15-18H2,1-4H3/t20-,21+,22?,26-/m0/s1. The number of hydrogen-bond acceptors (Lipinski definition) is 11. The second-order valence-electron chi connectivity index (χ2n) is 13.5. The number of fused-ring (bicyclic) bond motifs is 3. The Kier molecular flexibility index (Phi) is 8.49. The molecule has 0 amide bonds. The Labute approximate surface area is 281 Å². The second kappa shape index (κ2) is 12.4. The average Bonchev–Trinajstić information content (AvgIpc) is 3.54. The van der Waals surface area contributed by atoms with Gasteiger partial charge in [0, 0.05) is 5.56 Å². The third-order valence-corrected chi connectivity index (χ3v) is 13.3. The van der Waals surface area contributed by atoms with E-state index >= 15 is 0 Å². The van der Waals surface area contributed by atoms with Gasteiger partial charge < -0.3 is 18.6 Å². The summed E-state index contributed by atoms with van der Waals surface area (Å²) in [6.45, 7) is 4.59. The van der Waals surface area contributed by atoms with E-state index in [0.717, 1.165) is 35.8 Å². The van der Waals surface area contributed by atoms with Gasteiger partial charge in [-0.15, -0.1) is 11.3 Å². The van der Waals surface area contributed by atoms with E-state index < -0.39 is 49.5 Å². The smallest absolute Gasteiger partial charge is 0.333 e. The van der Waals surface area contributed by atoms with Crippen LogP contribution in [0.1, 0.15) is 69.6 Å². The lowest BCUT2D eigenvalue weighted by atomic mass is 9.99. The number of sulfone groups is 1. The summed E-state index contributed by atoms with van der Waals surface area (Å²) >= 11 is 1.20. The van der Waals surface area contributed by atoms with Crippen molar-refractivity contribution in [1.82, 2.24) is 14.1 Å². The lowest BCUT2D eigenvalue weighted by Crippen LogP contribution is -2.54. The number of oxazole rings is 1. The van der Waals surface area contributed by atoms with Gasteiger partial charge in [0.15, 0.2) is 15.6 Å². The number of nitrogens with zero attached hydrogens (tertiary/aromatic N) is 3. The molecule has 5 heterocycles. The first-order valence-electron chi connectivity index (χ1n) is 16.3. The molecule has 4 atom stereocenters. The van der Waals surface area contributed by atoms with Crippen LogP contribution in [0.15, 0.2) is 50.7 Å². The van der Waals surface area contributed by atoms with Crippen molar-refractivity contribution in [3.63, 3.8) is 0 Å². The van der Waals surface area contributed by atoms with E-state index in [-0.39, 0.29) is 30.2 Å². The van der Waals surface area contributed by atoms with Gasteiger partial charge in [0.2, 0.25) is 5.89 Å². The summed E-state index contributed by atoms with van der Waals surface area (Å²) in [5.74, 6) is -0.605. The molecule has 1 saturated carbocycles. The van der Waals surface area contributed by atoms with E-state index in [1.165, 1.54) is 42.2 Å². The average molecular weight is 698 g/mol. The van der Waals surface area contributed by atoms with Crippen molar-refractivity contribution in [1.29, 1.82) is 0 Å². The minimum absolute atomic E-state index is 0.0156. The third-order valence-electron chi connectivity index (χ3n) is 9.88. The highest BCUT2D eigenvalue weighted by molar-refractivity contribution is 7.93. The van der Waals surface area contributed by atoms with Crippen LogP contribution >= 0.6 is 11.3 Å². The minimum Gasteiger partial charge on any atom is -0.496 e. The molecule has 0 radical (unpaired) electrons. The Balaban J connectivity index is 1.39. The van der Waals surface area contributed by atoms with Crippen LogP contribution in [0.2, 0.25) is 0 Å². The summed E-state index contributed by atoms with van der Waals surface area (Å²) in [6.07, 6.45) is 6.74. The van der Waals surface area contributed by atoms with Crippen LogP contribution in [0.4, 0.5) is 0 Å². The number of carbonyl (C=O) groups excluding carboxylic acids is 1. The lowest BCUT2D eigenvalue weighted by Gasteiger charge is -2.33. The molecule has 1 unspecified atom stereocenters. The fourth-order valence-electron chi connectivity index (χ4n) is 7.03. The van der Waals surface area contributed by atoms with Gasteiger partial charge in [-0.2, -0.15) is 0 Å². The summed E-state index contributed by atoms with van der Waals surface area (Å²) in [7, 11) is -2.14. The maximum Gasteiger partial charge on any atom is 0.333 e. The summed E-state index contributed by atoms with van der Waals surface area (Å²) in [4.78, 5) is 48.0. The van der Waals surface area contributed by atoms with Gasteiger partial charge in [0.1, 0.15) is 34.2 Å². The van der Waals surface area contributed by atoms with E-state index in [9.17, 15) is 22.8 Å². The number of ether oxygens (including phenoxy) is 3. The summed E-state index contributed by atoms with van der Waals surface area (Å²) in [5, 5.41) is -0.337. The van der Waals surface area contributed by atoms with Gasteiger partial charge in [-0.1, -0.05) is 18.2 Å². The number of aryl methyl sites for hydroxylation is 1.